The van der Waals surface area contributed by atoms with E-state index in [-0.39, 0.29) is 16.5 Å². The lowest BCUT2D eigenvalue weighted by Gasteiger charge is -2.29. The molecular formula is C36H17N3O6. The summed E-state index contributed by atoms with van der Waals surface area (Å²) in [6, 6.07) is 22.1. The Balaban J connectivity index is 1.37. The number of amides is 2. The van der Waals surface area contributed by atoms with Crippen molar-refractivity contribution in [1.82, 2.24) is 9.97 Å². The van der Waals surface area contributed by atoms with E-state index >= 15 is 0 Å². The average Bonchev–Trinajstić information content (AvgIpc) is 3.05. The minimum absolute atomic E-state index is 0.115. The van der Waals surface area contributed by atoms with Gasteiger partial charge in [-0.25, -0.2) is 14.5 Å². The van der Waals surface area contributed by atoms with Crippen molar-refractivity contribution in [3.05, 3.63) is 114 Å². The SMILES string of the molecule is O=C(O)c1ccc2c3ccc4c5c(ccc(c6ccc(C(=O)O)c1c26)c53)C(=O)N(c1cc2cccnc2c2ncccc12)C4=O. The van der Waals surface area contributed by atoms with E-state index in [1.54, 1.807) is 67.0 Å². The zero-order valence-corrected chi connectivity index (χ0v) is 23.0. The largest absolute Gasteiger partial charge is 0.478 e. The van der Waals surface area contributed by atoms with Crippen molar-refractivity contribution in [2.24, 2.45) is 0 Å². The van der Waals surface area contributed by atoms with Crippen LogP contribution in [0.3, 0.4) is 0 Å². The summed E-state index contributed by atoms with van der Waals surface area (Å²) in [6.45, 7) is 0. The number of hydrogen-bond donors (Lipinski definition) is 2. The molecule has 2 amide bonds. The molecule has 0 atom stereocenters. The van der Waals surface area contributed by atoms with Crippen LogP contribution in [0.15, 0.2) is 91.3 Å². The maximum atomic E-state index is 14.3. The number of pyridine rings is 2. The molecule has 8 aromatic rings. The number of nitrogens with zero attached hydrogens (tertiary/aromatic N) is 3. The van der Waals surface area contributed by atoms with Crippen molar-refractivity contribution in [3.63, 3.8) is 0 Å². The summed E-state index contributed by atoms with van der Waals surface area (Å²) in [5, 5.41) is 25.7. The molecule has 212 valence electrons. The topological polar surface area (TPSA) is 138 Å². The predicted molar refractivity (Wildman–Crippen MR) is 170 cm³/mol. The fourth-order valence-corrected chi connectivity index (χ4v) is 7.10. The Labute approximate surface area is 251 Å². The van der Waals surface area contributed by atoms with E-state index in [4.69, 9.17) is 0 Å². The highest BCUT2D eigenvalue weighted by Crippen LogP contribution is 2.46. The summed E-state index contributed by atoms with van der Waals surface area (Å²) in [5.41, 5.74) is 2.11. The molecule has 0 spiro atoms. The number of carboxylic acid groups (broad SMARTS) is 2. The Bertz CT molecular complexity index is 2600. The number of aromatic carboxylic acids is 2. The second kappa shape index (κ2) is 8.55. The molecule has 1 aliphatic heterocycles. The Hall–Kier alpha value is -6.48. The first-order chi connectivity index (χ1) is 21.8. The van der Waals surface area contributed by atoms with Crippen LogP contribution in [0.4, 0.5) is 5.69 Å². The molecule has 0 bridgehead atoms. The van der Waals surface area contributed by atoms with Crippen LogP contribution < -0.4 is 4.90 Å². The van der Waals surface area contributed by atoms with Crippen LogP contribution in [0.5, 0.6) is 0 Å². The van der Waals surface area contributed by atoms with Gasteiger partial charge in [0, 0.05) is 45.1 Å². The summed E-state index contributed by atoms with van der Waals surface area (Å²) < 4.78 is 0. The molecule has 45 heavy (non-hydrogen) atoms. The lowest BCUT2D eigenvalue weighted by Crippen LogP contribution is -2.40. The smallest absolute Gasteiger partial charge is 0.336 e. The van der Waals surface area contributed by atoms with Gasteiger partial charge in [0.1, 0.15) is 0 Å². The highest BCUT2D eigenvalue weighted by Gasteiger charge is 2.36. The fourth-order valence-electron chi connectivity index (χ4n) is 7.10. The van der Waals surface area contributed by atoms with Crippen molar-refractivity contribution in [2.45, 2.75) is 0 Å². The van der Waals surface area contributed by atoms with Crippen molar-refractivity contribution in [2.75, 3.05) is 4.90 Å². The third-order valence-corrected chi connectivity index (χ3v) is 8.91. The second-order valence-electron chi connectivity index (χ2n) is 11.1. The monoisotopic (exact) mass is 587 g/mol. The van der Waals surface area contributed by atoms with Gasteiger partial charge in [0.15, 0.2) is 0 Å². The molecule has 2 aromatic heterocycles. The van der Waals surface area contributed by atoms with E-state index in [1.165, 1.54) is 17.0 Å². The van der Waals surface area contributed by atoms with E-state index in [0.29, 0.717) is 70.9 Å². The van der Waals surface area contributed by atoms with Gasteiger partial charge in [-0.2, -0.15) is 0 Å². The standard InChI is InChI=1S/C36H17N3O6/c40-33-22-9-5-17-19-7-11-24(35(42)43)30-25(36(44)45)12-8-20(28(19)30)18-6-10-23(29(22)27(17)18)34(41)39(33)26-15-16-3-1-13-37-31(16)32-21(26)4-2-14-38-32/h1-15H,(H,42,43)(H,44,45). The lowest BCUT2D eigenvalue weighted by atomic mass is 9.83. The number of anilines is 1. The lowest BCUT2D eigenvalue weighted by molar-refractivity contribution is 0.0695. The van der Waals surface area contributed by atoms with E-state index in [0.717, 1.165) is 5.39 Å². The van der Waals surface area contributed by atoms with Crippen molar-refractivity contribution in [3.8, 4) is 0 Å². The van der Waals surface area contributed by atoms with Gasteiger partial charge in [0.25, 0.3) is 11.8 Å². The van der Waals surface area contributed by atoms with Gasteiger partial charge in [-0.3, -0.25) is 19.6 Å². The first-order valence-corrected chi connectivity index (χ1v) is 14.0. The minimum atomic E-state index is -1.24. The number of benzene rings is 6. The number of carboxylic acids is 2. The van der Waals surface area contributed by atoms with E-state index in [9.17, 15) is 29.4 Å². The number of aromatic nitrogens is 2. The van der Waals surface area contributed by atoms with Crippen LogP contribution in [-0.4, -0.2) is 43.9 Å². The zero-order valence-electron chi connectivity index (χ0n) is 23.0. The molecule has 3 heterocycles. The Kier molecular flexibility index (Phi) is 4.76. The van der Waals surface area contributed by atoms with Crippen LogP contribution in [-0.2, 0) is 0 Å². The molecular weight excluding hydrogens is 570 g/mol. The van der Waals surface area contributed by atoms with Crippen molar-refractivity contribution < 1.29 is 29.4 Å². The molecule has 9 rings (SSSR count). The number of carbonyl (C=O) groups is 4. The predicted octanol–water partition coefficient (Wildman–Crippen LogP) is 7.03. The van der Waals surface area contributed by atoms with Crippen LogP contribution in [0, 0.1) is 0 Å². The summed E-state index contributed by atoms with van der Waals surface area (Å²) in [5.74, 6) is -3.44. The molecule has 6 aromatic carbocycles. The molecule has 9 nitrogen and oxygen atoms in total. The Morgan fingerprint density at radius 2 is 1.07 bits per heavy atom. The first kappa shape index (κ1) is 25.1. The highest BCUT2D eigenvalue weighted by molar-refractivity contribution is 6.43. The maximum Gasteiger partial charge on any atom is 0.336 e. The summed E-state index contributed by atoms with van der Waals surface area (Å²) in [7, 11) is 0. The Morgan fingerprint density at radius 1 is 0.556 bits per heavy atom. The molecule has 0 saturated carbocycles. The van der Waals surface area contributed by atoms with Gasteiger partial charge in [-0.05, 0) is 80.8 Å². The summed E-state index contributed by atoms with van der Waals surface area (Å²) >= 11 is 0. The number of rotatable bonds is 3. The molecule has 0 aliphatic carbocycles. The average molecular weight is 588 g/mol. The molecule has 1 aliphatic rings. The fraction of sp³-hybridized carbons (Fsp3) is 0. The van der Waals surface area contributed by atoms with Crippen LogP contribution in [0.25, 0.3) is 64.9 Å². The van der Waals surface area contributed by atoms with E-state index in [1.807, 2.05) is 12.1 Å². The number of imide groups is 1. The van der Waals surface area contributed by atoms with Crippen LogP contribution in [0.1, 0.15) is 41.4 Å². The third kappa shape index (κ3) is 3.10. The minimum Gasteiger partial charge on any atom is -0.478 e. The number of hydrogen-bond acceptors (Lipinski definition) is 6. The molecule has 0 saturated heterocycles. The maximum absolute atomic E-state index is 14.3. The zero-order chi connectivity index (χ0) is 30.7. The molecule has 0 unspecified atom stereocenters. The number of carbonyl (C=O) groups excluding carboxylic acids is 2. The third-order valence-electron chi connectivity index (χ3n) is 8.91. The normalized spacial score (nSPS) is 13.3. The van der Waals surface area contributed by atoms with Gasteiger partial charge in [0.05, 0.1) is 27.8 Å². The van der Waals surface area contributed by atoms with E-state index in [2.05, 4.69) is 9.97 Å². The van der Waals surface area contributed by atoms with Gasteiger partial charge in [-0.1, -0.05) is 30.3 Å². The molecule has 9 heteroatoms. The Morgan fingerprint density at radius 3 is 1.64 bits per heavy atom. The van der Waals surface area contributed by atoms with Crippen molar-refractivity contribution >= 4 is 94.3 Å². The van der Waals surface area contributed by atoms with Gasteiger partial charge in [-0.15, -0.1) is 0 Å². The highest BCUT2D eigenvalue weighted by atomic mass is 16.4. The molecule has 0 fully saturated rings. The number of fused-ring (bicyclic) bond motifs is 5. The van der Waals surface area contributed by atoms with Gasteiger partial charge < -0.3 is 10.2 Å². The van der Waals surface area contributed by atoms with Gasteiger partial charge >= 0.3 is 11.9 Å². The first-order valence-electron chi connectivity index (χ1n) is 14.0. The summed E-state index contributed by atoms with van der Waals surface area (Å²) in [6.07, 6.45) is 3.32. The summed E-state index contributed by atoms with van der Waals surface area (Å²) in [4.78, 5) is 63.3. The molecule has 2 N–H and O–H groups in total. The van der Waals surface area contributed by atoms with E-state index < -0.39 is 23.8 Å². The quantitative estimate of drug-likeness (QED) is 0.128. The van der Waals surface area contributed by atoms with Crippen LogP contribution in [0.2, 0.25) is 0 Å². The van der Waals surface area contributed by atoms with Gasteiger partial charge in [0.2, 0.25) is 0 Å². The second-order valence-corrected chi connectivity index (χ2v) is 11.1. The molecule has 0 radical (unpaired) electrons. The van der Waals surface area contributed by atoms with Crippen molar-refractivity contribution in [1.29, 1.82) is 0 Å². The van der Waals surface area contributed by atoms with Crippen LogP contribution >= 0.6 is 0 Å².